The molecule has 6 heteroatoms. The third kappa shape index (κ3) is 4.62. The minimum Gasteiger partial charge on any atom is -0.314 e. The van der Waals surface area contributed by atoms with Gasteiger partial charge in [-0.05, 0) is 17.7 Å². The molecule has 108 valence electrons. The fraction of sp³-hybridized carbons (Fsp3) is 0.385. The van der Waals surface area contributed by atoms with Crippen molar-refractivity contribution in [1.29, 1.82) is 0 Å². The molecule has 1 saturated heterocycles. The minimum atomic E-state index is -0.376. The Kier molecular flexibility index (Phi) is 8.62. The van der Waals surface area contributed by atoms with Gasteiger partial charge in [0.2, 0.25) is 0 Å². The first-order valence-electron chi connectivity index (χ1n) is 5.74. The van der Waals surface area contributed by atoms with E-state index in [1.807, 2.05) is 6.08 Å². The van der Waals surface area contributed by atoms with E-state index in [-0.39, 0.29) is 41.7 Å². The molecular formula is C13H18Cl3FN2. The zero-order valence-electron chi connectivity index (χ0n) is 10.4. The third-order valence-corrected chi connectivity index (χ3v) is 3.34. The Hall–Kier alpha value is -0.320. The molecule has 0 aliphatic carbocycles. The highest BCUT2D eigenvalue weighted by Crippen LogP contribution is 2.26. The summed E-state index contributed by atoms with van der Waals surface area (Å²) in [5.41, 5.74) is 0.994. The Labute approximate surface area is 130 Å². The molecule has 0 radical (unpaired) electrons. The van der Waals surface area contributed by atoms with Gasteiger partial charge in [-0.3, -0.25) is 4.90 Å². The van der Waals surface area contributed by atoms with Crippen LogP contribution >= 0.6 is 36.4 Å². The van der Waals surface area contributed by atoms with Gasteiger partial charge in [-0.25, -0.2) is 4.39 Å². The quantitative estimate of drug-likeness (QED) is 0.855. The summed E-state index contributed by atoms with van der Waals surface area (Å²) in [6.07, 6.45) is 1.88. The molecular weight excluding hydrogens is 310 g/mol. The molecule has 1 aliphatic rings. The van der Waals surface area contributed by atoms with Crippen molar-refractivity contribution in [2.75, 3.05) is 26.2 Å². The average Bonchev–Trinajstić information content (AvgIpc) is 2.36. The largest absolute Gasteiger partial charge is 0.314 e. The van der Waals surface area contributed by atoms with Gasteiger partial charge >= 0.3 is 0 Å². The van der Waals surface area contributed by atoms with Crippen molar-refractivity contribution in [2.24, 2.45) is 0 Å². The summed E-state index contributed by atoms with van der Waals surface area (Å²) in [5, 5.41) is 3.47. The van der Waals surface area contributed by atoms with Crippen molar-refractivity contribution in [2.45, 2.75) is 6.04 Å². The first-order valence-corrected chi connectivity index (χ1v) is 6.12. The van der Waals surface area contributed by atoms with Crippen LogP contribution in [0.2, 0.25) is 5.02 Å². The summed E-state index contributed by atoms with van der Waals surface area (Å²) in [7, 11) is 0. The van der Waals surface area contributed by atoms with E-state index in [1.54, 1.807) is 12.1 Å². The second-order valence-electron chi connectivity index (χ2n) is 4.14. The molecule has 1 aromatic carbocycles. The van der Waals surface area contributed by atoms with Gasteiger partial charge in [0.1, 0.15) is 5.82 Å². The highest BCUT2D eigenvalue weighted by Gasteiger charge is 2.19. The second kappa shape index (κ2) is 8.77. The predicted octanol–water partition coefficient (Wildman–Crippen LogP) is 3.46. The fourth-order valence-electron chi connectivity index (χ4n) is 2.15. The molecule has 1 aromatic rings. The number of benzene rings is 1. The maximum absolute atomic E-state index is 13.1. The number of hydrogen-bond acceptors (Lipinski definition) is 2. The molecule has 2 rings (SSSR count). The van der Waals surface area contributed by atoms with Gasteiger partial charge in [0.05, 0.1) is 11.1 Å². The molecule has 1 fully saturated rings. The predicted molar refractivity (Wildman–Crippen MR) is 83.3 cm³/mol. The van der Waals surface area contributed by atoms with Crippen LogP contribution in [0, 0.1) is 5.82 Å². The molecule has 0 saturated carbocycles. The smallest absolute Gasteiger partial charge is 0.141 e. The van der Waals surface area contributed by atoms with Crippen LogP contribution in [0.4, 0.5) is 4.39 Å². The number of rotatable bonds is 3. The summed E-state index contributed by atoms with van der Waals surface area (Å²) in [5.74, 6) is -0.376. The van der Waals surface area contributed by atoms with Gasteiger partial charge in [0.25, 0.3) is 0 Å². The standard InChI is InChI=1S/C13H16ClFN2.2ClH/c1-2-13(17-7-5-16-6-8-17)10-3-4-12(15)11(14)9-10;;/h2-4,9,13,16H,1,5-8H2;2*1H/t13-;;/m0../s1. The van der Waals surface area contributed by atoms with Crippen LogP contribution in [0.15, 0.2) is 30.9 Å². The van der Waals surface area contributed by atoms with Crippen LogP contribution < -0.4 is 5.32 Å². The van der Waals surface area contributed by atoms with Crippen LogP contribution in [-0.4, -0.2) is 31.1 Å². The highest BCUT2D eigenvalue weighted by atomic mass is 35.5. The van der Waals surface area contributed by atoms with E-state index >= 15 is 0 Å². The Morgan fingerprint density at radius 1 is 1.32 bits per heavy atom. The van der Waals surface area contributed by atoms with Gasteiger partial charge in [0, 0.05) is 26.2 Å². The summed E-state index contributed by atoms with van der Waals surface area (Å²) in [4.78, 5) is 2.31. The van der Waals surface area contributed by atoms with Crippen molar-refractivity contribution in [3.05, 3.63) is 47.3 Å². The zero-order chi connectivity index (χ0) is 12.3. The van der Waals surface area contributed by atoms with Gasteiger partial charge in [-0.2, -0.15) is 0 Å². The van der Waals surface area contributed by atoms with Crippen LogP contribution in [0.5, 0.6) is 0 Å². The topological polar surface area (TPSA) is 15.3 Å². The van der Waals surface area contributed by atoms with Crippen molar-refractivity contribution in [1.82, 2.24) is 10.2 Å². The van der Waals surface area contributed by atoms with Gasteiger partial charge in [-0.15, -0.1) is 31.4 Å². The minimum absolute atomic E-state index is 0. The Balaban J connectivity index is 0.00000162. The maximum Gasteiger partial charge on any atom is 0.141 e. The fourth-order valence-corrected chi connectivity index (χ4v) is 2.34. The van der Waals surface area contributed by atoms with Crippen molar-refractivity contribution >= 4 is 36.4 Å². The maximum atomic E-state index is 13.1. The normalized spacial score (nSPS) is 16.9. The van der Waals surface area contributed by atoms with Gasteiger partial charge in [0.15, 0.2) is 0 Å². The molecule has 0 amide bonds. The second-order valence-corrected chi connectivity index (χ2v) is 4.55. The van der Waals surface area contributed by atoms with Crippen LogP contribution in [0.25, 0.3) is 0 Å². The lowest BCUT2D eigenvalue weighted by atomic mass is 10.0. The van der Waals surface area contributed by atoms with E-state index in [0.717, 1.165) is 31.7 Å². The van der Waals surface area contributed by atoms with Crippen molar-refractivity contribution in [3.8, 4) is 0 Å². The first-order chi connectivity index (χ1) is 8.22. The summed E-state index contributed by atoms with van der Waals surface area (Å²) in [6.45, 7) is 7.74. The SMILES string of the molecule is C=C[C@@H](c1ccc(F)c(Cl)c1)N1CCNCC1.Cl.Cl. The molecule has 0 spiro atoms. The lowest BCUT2D eigenvalue weighted by Gasteiger charge is -2.33. The van der Waals surface area contributed by atoms with Crippen LogP contribution in [0.3, 0.4) is 0 Å². The molecule has 2 nitrogen and oxygen atoms in total. The Bertz CT molecular complexity index is 409. The van der Waals surface area contributed by atoms with E-state index in [2.05, 4.69) is 16.8 Å². The molecule has 1 aliphatic heterocycles. The monoisotopic (exact) mass is 326 g/mol. The van der Waals surface area contributed by atoms with Crippen LogP contribution in [-0.2, 0) is 0 Å². The lowest BCUT2D eigenvalue weighted by Crippen LogP contribution is -2.44. The number of piperazine rings is 1. The first kappa shape index (κ1) is 18.7. The average molecular weight is 328 g/mol. The van der Waals surface area contributed by atoms with E-state index in [0.29, 0.717) is 0 Å². The Morgan fingerprint density at radius 3 is 2.47 bits per heavy atom. The van der Waals surface area contributed by atoms with Crippen LogP contribution in [0.1, 0.15) is 11.6 Å². The number of halogens is 4. The number of hydrogen-bond donors (Lipinski definition) is 1. The van der Waals surface area contributed by atoms with Crippen molar-refractivity contribution < 1.29 is 4.39 Å². The zero-order valence-corrected chi connectivity index (χ0v) is 12.8. The molecule has 0 unspecified atom stereocenters. The van der Waals surface area contributed by atoms with E-state index < -0.39 is 0 Å². The van der Waals surface area contributed by atoms with E-state index in [9.17, 15) is 4.39 Å². The number of nitrogens with one attached hydrogen (secondary N) is 1. The highest BCUT2D eigenvalue weighted by molar-refractivity contribution is 6.30. The molecule has 0 bridgehead atoms. The molecule has 19 heavy (non-hydrogen) atoms. The van der Waals surface area contributed by atoms with E-state index in [4.69, 9.17) is 11.6 Å². The van der Waals surface area contributed by atoms with Crippen molar-refractivity contribution in [3.63, 3.8) is 0 Å². The summed E-state index contributed by atoms with van der Waals surface area (Å²) in [6, 6.07) is 4.98. The van der Waals surface area contributed by atoms with Gasteiger partial charge in [-0.1, -0.05) is 23.7 Å². The molecule has 1 atom stereocenters. The molecule has 1 N–H and O–H groups in total. The molecule has 0 aromatic heterocycles. The van der Waals surface area contributed by atoms with E-state index in [1.165, 1.54) is 6.07 Å². The lowest BCUT2D eigenvalue weighted by molar-refractivity contribution is 0.203. The third-order valence-electron chi connectivity index (χ3n) is 3.05. The number of nitrogens with zero attached hydrogens (tertiary/aromatic N) is 1. The summed E-state index contributed by atoms with van der Waals surface area (Å²) >= 11 is 5.81. The summed E-state index contributed by atoms with van der Waals surface area (Å²) < 4.78 is 13.1. The molecule has 1 heterocycles. The van der Waals surface area contributed by atoms with Gasteiger partial charge < -0.3 is 5.32 Å². The Morgan fingerprint density at radius 2 is 1.95 bits per heavy atom.